The van der Waals surface area contributed by atoms with Crippen LogP contribution in [0.1, 0.15) is 53.9 Å². The summed E-state index contributed by atoms with van der Waals surface area (Å²) in [6, 6.07) is 0. The summed E-state index contributed by atoms with van der Waals surface area (Å²) >= 11 is 0. The topological polar surface area (TPSA) is 41.6 Å². The molecule has 3 aliphatic rings. The highest BCUT2D eigenvalue weighted by Gasteiger charge is 2.62. The highest BCUT2D eigenvalue weighted by atomic mass is 16.5. The standard InChI is InChI=1S/C20H34N2O2/c1-14(2)7-6-10-22-12-16-15(11-21-18(23)19(3,4)5)17-8-9-20(16,13-22)24-17/h7,15-17H,6,8-13H2,1-5H3,(H,21,23)/t15-,16+,17+,20+/m0/s1. The van der Waals surface area contributed by atoms with Gasteiger partial charge in [0.05, 0.1) is 11.7 Å². The molecule has 4 nitrogen and oxygen atoms in total. The first-order valence-electron chi connectivity index (χ1n) is 9.53. The van der Waals surface area contributed by atoms with Gasteiger partial charge in [-0.1, -0.05) is 32.4 Å². The van der Waals surface area contributed by atoms with Crippen molar-refractivity contribution < 1.29 is 9.53 Å². The molecule has 3 saturated heterocycles. The van der Waals surface area contributed by atoms with E-state index in [1.54, 1.807) is 0 Å². The zero-order chi connectivity index (χ0) is 17.5. The third-order valence-corrected chi connectivity index (χ3v) is 6.03. The number of carbonyl (C=O) groups is 1. The second-order valence-corrected chi connectivity index (χ2v) is 9.30. The van der Waals surface area contributed by atoms with E-state index in [-0.39, 0.29) is 16.9 Å². The van der Waals surface area contributed by atoms with E-state index in [0.29, 0.717) is 17.9 Å². The van der Waals surface area contributed by atoms with E-state index < -0.39 is 0 Å². The van der Waals surface area contributed by atoms with Crippen molar-refractivity contribution in [2.75, 3.05) is 26.2 Å². The smallest absolute Gasteiger partial charge is 0.225 e. The van der Waals surface area contributed by atoms with Crippen LogP contribution in [0.25, 0.3) is 0 Å². The van der Waals surface area contributed by atoms with Gasteiger partial charge < -0.3 is 10.1 Å². The van der Waals surface area contributed by atoms with Crippen molar-refractivity contribution in [2.45, 2.75) is 65.6 Å². The van der Waals surface area contributed by atoms with Gasteiger partial charge in [-0.05, 0) is 33.1 Å². The molecule has 4 atom stereocenters. The van der Waals surface area contributed by atoms with Crippen molar-refractivity contribution in [3.8, 4) is 0 Å². The molecule has 2 bridgehead atoms. The van der Waals surface area contributed by atoms with E-state index in [9.17, 15) is 4.79 Å². The van der Waals surface area contributed by atoms with E-state index in [2.05, 4.69) is 30.1 Å². The summed E-state index contributed by atoms with van der Waals surface area (Å²) in [5.74, 6) is 1.22. The largest absolute Gasteiger partial charge is 0.370 e. The Labute approximate surface area is 147 Å². The molecule has 3 rings (SSSR count). The van der Waals surface area contributed by atoms with Crippen molar-refractivity contribution in [2.24, 2.45) is 17.3 Å². The summed E-state index contributed by atoms with van der Waals surface area (Å²) in [6.07, 6.45) is 6.17. The van der Waals surface area contributed by atoms with Gasteiger partial charge in [-0.15, -0.1) is 0 Å². The van der Waals surface area contributed by atoms with E-state index in [1.165, 1.54) is 12.0 Å². The van der Waals surface area contributed by atoms with Crippen LogP contribution in [0.5, 0.6) is 0 Å². The van der Waals surface area contributed by atoms with Crippen molar-refractivity contribution in [3.05, 3.63) is 11.6 Å². The van der Waals surface area contributed by atoms with E-state index >= 15 is 0 Å². The Morgan fingerprint density at radius 2 is 2.12 bits per heavy atom. The number of amides is 1. The van der Waals surface area contributed by atoms with Crippen LogP contribution in [0.3, 0.4) is 0 Å². The van der Waals surface area contributed by atoms with Crippen molar-refractivity contribution in [1.82, 2.24) is 10.2 Å². The Bertz CT molecular complexity index is 518. The summed E-state index contributed by atoms with van der Waals surface area (Å²) in [5.41, 5.74) is 1.15. The third-order valence-electron chi connectivity index (χ3n) is 6.03. The summed E-state index contributed by atoms with van der Waals surface area (Å²) in [4.78, 5) is 14.8. The molecule has 0 aromatic rings. The van der Waals surface area contributed by atoms with E-state index in [4.69, 9.17) is 4.74 Å². The fourth-order valence-electron chi connectivity index (χ4n) is 4.74. The molecule has 0 aromatic carbocycles. The Hall–Kier alpha value is -0.870. The van der Waals surface area contributed by atoms with Gasteiger partial charge in [0.1, 0.15) is 0 Å². The van der Waals surface area contributed by atoms with Crippen LogP contribution in [-0.2, 0) is 9.53 Å². The number of nitrogens with one attached hydrogen (secondary N) is 1. The number of ether oxygens (including phenoxy) is 1. The van der Waals surface area contributed by atoms with Crippen LogP contribution < -0.4 is 5.32 Å². The van der Waals surface area contributed by atoms with Crippen LogP contribution in [0, 0.1) is 17.3 Å². The molecular formula is C20H34N2O2. The number of fused-ring (bicyclic) bond motifs is 1. The van der Waals surface area contributed by atoms with Crippen molar-refractivity contribution in [3.63, 3.8) is 0 Å². The third kappa shape index (κ3) is 3.41. The molecule has 0 aliphatic carbocycles. The molecule has 0 unspecified atom stereocenters. The number of allylic oxidation sites excluding steroid dienone is 1. The second kappa shape index (κ2) is 6.45. The quantitative estimate of drug-likeness (QED) is 0.786. The normalized spacial score (nSPS) is 35.1. The number of carbonyl (C=O) groups excluding carboxylic acids is 1. The Morgan fingerprint density at radius 3 is 2.79 bits per heavy atom. The monoisotopic (exact) mass is 334 g/mol. The Morgan fingerprint density at radius 1 is 1.38 bits per heavy atom. The second-order valence-electron chi connectivity index (χ2n) is 9.30. The first-order valence-corrected chi connectivity index (χ1v) is 9.53. The molecule has 0 aromatic heterocycles. The van der Waals surface area contributed by atoms with Crippen LogP contribution in [0.4, 0.5) is 0 Å². The fourth-order valence-corrected chi connectivity index (χ4v) is 4.74. The highest BCUT2D eigenvalue weighted by molar-refractivity contribution is 5.81. The molecule has 136 valence electrons. The average Bonchev–Trinajstić information content (AvgIpc) is 3.10. The maximum Gasteiger partial charge on any atom is 0.225 e. The molecular weight excluding hydrogens is 300 g/mol. The minimum atomic E-state index is -0.317. The van der Waals surface area contributed by atoms with Crippen LogP contribution in [-0.4, -0.2) is 48.7 Å². The zero-order valence-electron chi connectivity index (χ0n) is 16.0. The van der Waals surface area contributed by atoms with Gasteiger partial charge in [0.25, 0.3) is 0 Å². The van der Waals surface area contributed by atoms with Gasteiger partial charge in [-0.3, -0.25) is 9.69 Å². The molecule has 3 aliphatic heterocycles. The lowest BCUT2D eigenvalue weighted by atomic mass is 9.73. The lowest BCUT2D eigenvalue weighted by molar-refractivity contribution is -0.128. The highest BCUT2D eigenvalue weighted by Crippen LogP contribution is 2.54. The van der Waals surface area contributed by atoms with E-state index in [0.717, 1.165) is 39.0 Å². The molecule has 1 spiro atoms. The van der Waals surface area contributed by atoms with Crippen LogP contribution >= 0.6 is 0 Å². The molecule has 0 radical (unpaired) electrons. The maximum atomic E-state index is 12.2. The number of hydrogen-bond acceptors (Lipinski definition) is 3. The van der Waals surface area contributed by atoms with Gasteiger partial charge in [0.2, 0.25) is 5.91 Å². The van der Waals surface area contributed by atoms with Crippen molar-refractivity contribution >= 4 is 5.91 Å². The Balaban J connectivity index is 1.59. The molecule has 4 heteroatoms. The predicted octanol–water partition coefficient (Wildman–Crippen LogP) is 2.98. The summed E-state index contributed by atoms with van der Waals surface area (Å²) in [5, 5.41) is 3.18. The van der Waals surface area contributed by atoms with Crippen LogP contribution in [0.15, 0.2) is 11.6 Å². The Kier molecular flexibility index (Phi) is 4.82. The van der Waals surface area contributed by atoms with Gasteiger partial charge in [-0.2, -0.15) is 0 Å². The predicted molar refractivity (Wildman–Crippen MR) is 96.8 cm³/mol. The summed E-state index contributed by atoms with van der Waals surface area (Å²) in [6.45, 7) is 14.3. The number of nitrogens with zero attached hydrogens (tertiary/aromatic N) is 1. The summed E-state index contributed by atoms with van der Waals surface area (Å²) in [7, 11) is 0. The molecule has 3 heterocycles. The lowest BCUT2D eigenvalue weighted by Gasteiger charge is -2.30. The average molecular weight is 335 g/mol. The van der Waals surface area contributed by atoms with Crippen LogP contribution in [0.2, 0.25) is 0 Å². The number of hydrogen-bond donors (Lipinski definition) is 1. The molecule has 1 N–H and O–H groups in total. The molecule has 24 heavy (non-hydrogen) atoms. The van der Waals surface area contributed by atoms with Gasteiger partial charge >= 0.3 is 0 Å². The number of rotatable bonds is 5. The van der Waals surface area contributed by atoms with Gasteiger partial charge in [-0.25, -0.2) is 0 Å². The van der Waals surface area contributed by atoms with Gasteiger partial charge in [0.15, 0.2) is 0 Å². The van der Waals surface area contributed by atoms with E-state index in [1.807, 2.05) is 20.8 Å². The molecule has 0 saturated carbocycles. The molecule has 1 amide bonds. The van der Waals surface area contributed by atoms with Gasteiger partial charge in [0, 0.05) is 43.4 Å². The first kappa shape index (κ1) is 17.9. The summed E-state index contributed by atoms with van der Waals surface area (Å²) < 4.78 is 6.46. The lowest BCUT2D eigenvalue weighted by Crippen LogP contribution is -2.44. The minimum Gasteiger partial charge on any atom is -0.370 e. The fraction of sp³-hybridized carbons (Fsp3) is 0.850. The minimum absolute atomic E-state index is 0.0762. The maximum absolute atomic E-state index is 12.2. The first-order chi connectivity index (χ1) is 11.2. The van der Waals surface area contributed by atoms with Crippen molar-refractivity contribution in [1.29, 1.82) is 0 Å². The SMILES string of the molecule is CC(C)=CCCN1C[C@@H]2[C@H](CNC(=O)C(C)(C)C)[C@H]3CC[C@]2(C1)O3. The molecule has 3 fully saturated rings. The zero-order valence-corrected chi connectivity index (χ0v) is 16.0. The number of likely N-dealkylation sites (tertiary alicyclic amines) is 1.